The van der Waals surface area contributed by atoms with Crippen molar-refractivity contribution in [1.29, 1.82) is 0 Å². The molecule has 0 saturated heterocycles. The minimum absolute atomic E-state index is 0.147. The molecule has 1 heterocycles. The zero-order valence-corrected chi connectivity index (χ0v) is 11.5. The average molecular weight is 286 g/mol. The van der Waals surface area contributed by atoms with Gasteiger partial charge in [-0.15, -0.1) is 0 Å². The predicted octanol–water partition coefficient (Wildman–Crippen LogP) is 2.98. The number of carbonyl (C=O) groups excluding carboxylic acids is 1. The van der Waals surface area contributed by atoms with Gasteiger partial charge in [-0.25, -0.2) is 4.39 Å². The van der Waals surface area contributed by atoms with Crippen LogP contribution in [0.4, 0.5) is 15.8 Å². The van der Waals surface area contributed by atoms with E-state index < -0.39 is 5.82 Å². The Hall–Kier alpha value is -2.56. The van der Waals surface area contributed by atoms with Crippen LogP contribution < -0.4 is 15.4 Å². The molecule has 2 aromatic rings. The van der Waals surface area contributed by atoms with E-state index in [1.54, 1.807) is 6.07 Å². The zero-order chi connectivity index (χ0) is 14.8. The lowest BCUT2D eigenvalue weighted by Crippen LogP contribution is -2.23. The summed E-state index contributed by atoms with van der Waals surface area (Å²) in [7, 11) is 1.41. The molecule has 21 heavy (non-hydrogen) atoms. The molecule has 1 aliphatic rings. The van der Waals surface area contributed by atoms with E-state index in [1.807, 2.05) is 30.3 Å². The first-order chi connectivity index (χ1) is 10.2. The minimum atomic E-state index is -0.503. The summed E-state index contributed by atoms with van der Waals surface area (Å²) < 4.78 is 18.7. The number of hydrogen-bond donors (Lipinski definition) is 2. The largest absolute Gasteiger partial charge is 0.494 e. The average Bonchev–Trinajstić information content (AvgIpc) is 2.65. The second-order valence-electron chi connectivity index (χ2n) is 4.87. The molecule has 0 radical (unpaired) electrons. The van der Waals surface area contributed by atoms with Crippen LogP contribution in [0.1, 0.15) is 11.5 Å². The fraction of sp³-hybridized carbons (Fsp3) is 0.188. The SMILES string of the molecule is COc1cc2c(cc1F)NC(=O)C(c1ccccc1)CN2. The van der Waals surface area contributed by atoms with Crippen molar-refractivity contribution in [3.8, 4) is 5.75 Å². The van der Waals surface area contributed by atoms with Gasteiger partial charge in [-0.1, -0.05) is 30.3 Å². The molecular formula is C16H15FN2O2. The third-order valence-corrected chi connectivity index (χ3v) is 3.56. The summed E-state index contributed by atoms with van der Waals surface area (Å²) in [5.74, 6) is -0.838. The van der Waals surface area contributed by atoms with Gasteiger partial charge in [0.1, 0.15) is 0 Å². The van der Waals surface area contributed by atoms with E-state index in [0.717, 1.165) is 5.56 Å². The molecule has 0 spiro atoms. The van der Waals surface area contributed by atoms with Crippen molar-refractivity contribution in [3.05, 3.63) is 53.8 Å². The second kappa shape index (κ2) is 5.44. The highest BCUT2D eigenvalue weighted by Crippen LogP contribution is 2.33. The molecule has 2 aromatic carbocycles. The molecule has 0 fully saturated rings. The van der Waals surface area contributed by atoms with Crippen LogP contribution in [0.3, 0.4) is 0 Å². The zero-order valence-electron chi connectivity index (χ0n) is 11.5. The molecule has 2 N–H and O–H groups in total. The Bertz CT molecular complexity index is 673. The summed E-state index contributed by atoms with van der Waals surface area (Å²) in [5, 5.41) is 5.94. The quantitative estimate of drug-likeness (QED) is 0.892. The van der Waals surface area contributed by atoms with Gasteiger partial charge in [0.2, 0.25) is 5.91 Å². The predicted molar refractivity (Wildman–Crippen MR) is 79.3 cm³/mol. The molecule has 1 amide bonds. The lowest BCUT2D eigenvalue weighted by atomic mass is 9.98. The number of halogens is 1. The molecule has 1 aliphatic heterocycles. The van der Waals surface area contributed by atoms with Crippen LogP contribution in [-0.4, -0.2) is 19.6 Å². The van der Waals surface area contributed by atoms with Crippen LogP contribution in [0.2, 0.25) is 0 Å². The van der Waals surface area contributed by atoms with Crippen LogP contribution in [0.5, 0.6) is 5.75 Å². The third kappa shape index (κ3) is 2.54. The summed E-state index contributed by atoms with van der Waals surface area (Å²) in [4.78, 5) is 12.3. The Morgan fingerprint density at radius 2 is 1.95 bits per heavy atom. The number of fused-ring (bicyclic) bond motifs is 1. The van der Waals surface area contributed by atoms with Gasteiger partial charge in [0, 0.05) is 18.7 Å². The van der Waals surface area contributed by atoms with Gasteiger partial charge in [-0.05, 0) is 5.56 Å². The lowest BCUT2D eigenvalue weighted by Gasteiger charge is -2.13. The molecule has 0 aromatic heterocycles. The number of benzene rings is 2. The van der Waals surface area contributed by atoms with Gasteiger partial charge in [0.05, 0.1) is 24.4 Å². The van der Waals surface area contributed by atoms with Gasteiger partial charge in [-0.2, -0.15) is 0 Å². The fourth-order valence-electron chi connectivity index (χ4n) is 2.44. The van der Waals surface area contributed by atoms with Crippen LogP contribution in [0.25, 0.3) is 0 Å². The van der Waals surface area contributed by atoms with Crippen LogP contribution in [0, 0.1) is 5.82 Å². The molecule has 3 rings (SSSR count). The van der Waals surface area contributed by atoms with E-state index >= 15 is 0 Å². The van der Waals surface area contributed by atoms with E-state index in [2.05, 4.69) is 10.6 Å². The Labute approximate surface area is 121 Å². The molecule has 4 nitrogen and oxygen atoms in total. The smallest absolute Gasteiger partial charge is 0.233 e. The summed E-state index contributed by atoms with van der Waals surface area (Å²) in [6.07, 6.45) is 0. The number of amides is 1. The number of anilines is 2. The van der Waals surface area contributed by atoms with Crippen LogP contribution >= 0.6 is 0 Å². The highest BCUT2D eigenvalue weighted by Gasteiger charge is 2.25. The number of ether oxygens (including phenoxy) is 1. The van der Waals surface area contributed by atoms with E-state index in [9.17, 15) is 9.18 Å². The maximum absolute atomic E-state index is 13.8. The number of nitrogens with one attached hydrogen (secondary N) is 2. The van der Waals surface area contributed by atoms with E-state index in [4.69, 9.17) is 4.74 Å². The van der Waals surface area contributed by atoms with Crippen molar-refractivity contribution in [1.82, 2.24) is 0 Å². The van der Waals surface area contributed by atoms with Crippen molar-refractivity contribution < 1.29 is 13.9 Å². The molecule has 108 valence electrons. The number of hydrogen-bond acceptors (Lipinski definition) is 3. The van der Waals surface area contributed by atoms with E-state index in [0.29, 0.717) is 17.9 Å². The third-order valence-electron chi connectivity index (χ3n) is 3.56. The lowest BCUT2D eigenvalue weighted by molar-refractivity contribution is -0.117. The summed E-state index contributed by atoms with van der Waals surface area (Å²) in [5.41, 5.74) is 2.00. The molecule has 0 bridgehead atoms. The second-order valence-corrected chi connectivity index (χ2v) is 4.87. The number of carbonyl (C=O) groups is 1. The Kier molecular flexibility index (Phi) is 3.48. The molecule has 1 atom stereocenters. The van der Waals surface area contributed by atoms with Gasteiger partial charge < -0.3 is 15.4 Å². The van der Waals surface area contributed by atoms with Crippen molar-refractivity contribution >= 4 is 17.3 Å². The normalized spacial score (nSPS) is 17.2. The topological polar surface area (TPSA) is 50.4 Å². The maximum Gasteiger partial charge on any atom is 0.233 e. The number of rotatable bonds is 2. The number of methoxy groups -OCH3 is 1. The Morgan fingerprint density at radius 3 is 2.67 bits per heavy atom. The van der Waals surface area contributed by atoms with E-state index in [1.165, 1.54) is 13.2 Å². The van der Waals surface area contributed by atoms with Gasteiger partial charge in [-0.3, -0.25) is 4.79 Å². The van der Waals surface area contributed by atoms with Crippen molar-refractivity contribution in [3.63, 3.8) is 0 Å². The van der Waals surface area contributed by atoms with Crippen LogP contribution in [0.15, 0.2) is 42.5 Å². The first-order valence-electron chi connectivity index (χ1n) is 6.66. The summed E-state index contributed by atoms with van der Waals surface area (Å²) >= 11 is 0. The highest BCUT2D eigenvalue weighted by molar-refractivity contribution is 6.00. The van der Waals surface area contributed by atoms with Crippen LogP contribution in [-0.2, 0) is 4.79 Å². The first-order valence-corrected chi connectivity index (χ1v) is 6.66. The van der Waals surface area contributed by atoms with Gasteiger partial charge in [0.15, 0.2) is 11.6 Å². The Morgan fingerprint density at radius 1 is 1.19 bits per heavy atom. The molecule has 0 aliphatic carbocycles. The maximum atomic E-state index is 13.8. The molecular weight excluding hydrogens is 271 g/mol. The highest BCUT2D eigenvalue weighted by atomic mass is 19.1. The van der Waals surface area contributed by atoms with Gasteiger partial charge >= 0.3 is 0 Å². The monoisotopic (exact) mass is 286 g/mol. The summed E-state index contributed by atoms with van der Waals surface area (Å²) in [6.45, 7) is 0.442. The molecule has 1 unspecified atom stereocenters. The minimum Gasteiger partial charge on any atom is -0.494 e. The van der Waals surface area contributed by atoms with Gasteiger partial charge in [0.25, 0.3) is 0 Å². The molecule has 5 heteroatoms. The Balaban J connectivity index is 1.94. The standard InChI is InChI=1S/C16H15FN2O2/c1-21-15-8-13-14(7-12(15)17)19-16(20)11(9-18-13)10-5-3-2-4-6-10/h2-8,11,18H,9H2,1H3,(H,19,20). The molecule has 0 saturated carbocycles. The van der Waals surface area contributed by atoms with E-state index in [-0.39, 0.29) is 17.6 Å². The fourth-order valence-corrected chi connectivity index (χ4v) is 2.44. The summed E-state index contributed by atoms with van der Waals surface area (Å²) in [6, 6.07) is 12.3. The van der Waals surface area contributed by atoms with Crippen molar-refractivity contribution in [2.45, 2.75) is 5.92 Å². The van der Waals surface area contributed by atoms with Crippen molar-refractivity contribution in [2.75, 3.05) is 24.3 Å². The van der Waals surface area contributed by atoms with Crippen molar-refractivity contribution in [2.24, 2.45) is 0 Å². The first kappa shape index (κ1) is 13.4.